The van der Waals surface area contributed by atoms with E-state index < -0.39 is 10.0 Å². The molecule has 2 rings (SSSR count). The largest absolute Gasteiger partial charge is 0.495 e. The third kappa shape index (κ3) is 3.42. The van der Waals surface area contributed by atoms with Gasteiger partial charge in [-0.2, -0.15) is 4.31 Å². The zero-order valence-electron chi connectivity index (χ0n) is 13.0. The zero-order chi connectivity index (χ0) is 16.3. The highest BCUT2D eigenvalue weighted by atomic mass is 35.5. The fourth-order valence-corrected chi connectivity index (χ4v) is 3.80. The lowest BCUT2D eigenvalue weighted by molar-refractivity contribution is 0.376. The molecule has 1 aliphatic rings. The lowest BCUT2D eigenvalue weighted by atomic mass is 10.2. The molecule has 22 heavy (non-hydrogen) atoms. The molecule has 1 heterocycles. The standard InChI is InChI=1S/C14H21ClN2O4S/c1-4-22(18,19)17-7-5-16(6-8-17)12-10-13(20-2)11(15)9-14(12)21-3/h9-10H,4-8H2,1-3H3. The van der Waals surface area contributed by atoms with Crippen molar-refractivity contribution >= 4 is 27.3 Å². The van der Waals surface area contributed by atoms with Gasteiger partial charge in [0.15, 0.2) is 0 Å². The van der Waals surface area contributed by atoms with E-state index in [2.05, 4.69) is 4.90 Å². The van der Waals surface area contributed by atoms with E-state index in [0.29, 0.717) is 42.7 Å². The summed E-state index contributed by atoms with van der Waals surface area (Å²) in [6, 6.07) is 3.54. The molecule has 1 fully saturated rings. The molecule has 1 aromatic carbocycles. The number of hydrogen-bond donors (Lipinski definition) is 0. The van der Waals surface area contributed by atoms with Gasteiger partial charge in [0.2, 0.25) is 10.0 Å². The van der Waals surface area contributed by atoms with Crippen molar-refractivity contribution in [3.8, 4) is 11.5 Å². The minimum absolute atomic E-state index is 0.130. The lowest BCUT2D eigenvalue weighted by Gasteiger charge is -2.36. The molecule has 0 spiro atoms. The molecule has 0 radical (unpaired) electrons. The molecule has 124 valence electrons. The molecular weight excluding hydrogens is 328 g/mol. The van der Waals surface area contributed by atoms with Crippen LogP contribution in [-0.2, 0) is 10.0 Å². The Morgan fingerprint density at radius 2 is 1.68 bits per heavy atom. The summed E-state index contributed by atoms with van der Waals surface area (Å²) in [7, 11) is 0.00905. The summed E-state index contributed by atoms with van der Waals surface area (Å²) in [5.74, 6) is 1.35. The van der Waals surface area contributed by atoms with Crippen molar-refractivity contribution in [3.63, 3.8) is 0 Å². The summed E-state index contributed by atoms with van der Waals surface area (Å²) in [5.41, 5.74) is 0.859. The normalized spacial score (nSPS) is 16.6. The number of anilines is 1. The fourth-order valence-electron chi connectivity index (χ4n) is 2.48. The average Bonchev–Trinajstić information content (AvgIpc) is 2.54. The molecule has 0 bridgehead atoms. The molecule has 0 aliphatic carbocycles. The SMILES string of the molecule is CCS(=O)(=O)N1CCN(c2cc(OC)c(Cl)cc2OC)CC1. The second-order valence-electron chi connectivity index (χ2n) is 4.95. The van der Waals surface area contributed by atoms with Crippen LogP contribution in [0.15, 0.2) is 12.1 Å². The zero-order valence-corrected chi connectivity index (χ0v) is 14.6. The van der Waals surface area contributed by atoms with Crippen LogP contribution < -0.4 is 14.4 Å². The molecular formula is C14H21ClN2O4S. The molecule has 0 aromatic heterocycles. The van der Waals surface area contributed by atoms with Gasteiger partial charge in [0.25, 0.3) is 0 Å². The van der Waals surface area contributed by atoms with Crippen molar-refractivity contribution in [2.75, 3.05) is 51.1 Å². The minimum atomic E-state index is -3.13. The van der Waals surface area contributed by atoms with Crippen molar-refractivity contribution < 1.29 is 17.9 Å². The van der Waals surface area contributed by atoms with Crippen molar-refractivity contribution in [1.29, 1.82) is 0 Å². The van der Waals surface area contributed by atoms with E-state index in [9.17, 15) is 8.42 Å². The van der Waals surface area contributed by atoms with Crippen molar-refractivity contribution in [3.05, 3.63) is 17.2 Å². The first-order chi connectivity index (χ1) is 10.4. The van der Waals surface area contributed by atoms with Crippen LogP contribution >= 0.6 is 11.6 Å². The number of methoxy groups -OCH3 is 2. The number of benzene rings is 1. The van der Waals surface area contributed by atoms with Crippen LogP contribution in [0.5, 0.6) is 11.5 Å². The van der Waals surface area contributed by atoms with Gasteiger partial charge in [-0.1, -0.05) is 11.6 Å². The monoisotopic (exact) mass is 348 g/mol. The van der Waals surface area contributed by atoms with Gasteiger partial charge in [-0.25, -0.2) is 8.42 Å². The molecule has 0 amide bonds. The molecule has 0 N–H and O–H groups in total. The van der Waals surface area contributed by atoms with Crippen LogP contribution in [0, 0.1) is 0 Å². The van der Waals surface area contributed by atoms with Crippen molar-refractivity contribution in [1.82, 2.24) is 4.31 Å². The number of ether oxygens (including phenoxy) is 2. The first-order valence-electron chi connectivity index (χ1n) is 7.07. The van der Waals surface area contributed by atoms with E-state index in [4.69, 9.17) is 21.1 Å². The minimum Gasteiger partial charge on any atom is -0.495 e. The van der Waals surface area contributed by atoms with Crippen LogP contribution in [0.25, 0.3) is 0 Å². The maximum atomic E-state index is 11.9. The predicted octanol–water partition coefficient (Wildman–Crippen LogP) is 1.83. The molecule has 1 saturated heterocycles. The molecule has 1 aromatic rings. The topological polar surface area (TPSA) is 59.1 Å². The van der Waals surface area contributed by atoms with E-state index in [1.54, 1.807) is 27.2 Å². The maximum Gasteiger partial charge on any atom is 0.213 e. The Bertz CT molecular complexity index is 628. The van der Waals surface area contributed by atoms with Gasteiger partial charge in [-0.15, -0.1) is 0 Å². The Hall–Kier alpha value is -1.18. The Balaban J connectivity index is 2.21. The van der Waals surface area contributed by atoms with Crippen LogP contribution in [0.3, 0.4) is 0 Å². The summed E-state index contributed by atoms with van der Waals surface area (Å²) in [4.78, 5) is 2.08. The Morgan fingerprint density at radius 1 is 1.09 bits per heavy atom. The first kappa shape index (κ1) is 17.2. The van der Waals surface area contributed by atoms with Crippen molar-refractivity contribution in [2.45, 2.75) is 6.92 Å². The molecule has 8 heteroatoms. The van der Waals surface area contributed by atoms with Gasteiger partial charge >= 0.3 is 0 Å². The number of halogens is 1. The predicted molar refractivity (Wildman–Crippen MR) is 87.8 cm³/mol. The van der Waals surface area contributed by atoms with E-state index in [-0.39, 0.29) is 5.75 Å². The Morgan fingerprint density at radius 3 is 2.18 bits per heavy atom. The van der Waals surface area contributed by atoms with Crippen LogP contribution in [0.2, 0.25) is 5.02 Å². The molecule has 6 nitrogen and oxygen atoms in total. The summed E-state index contributed by atoms with van der Waals surface area (Å²) in [5, 5.41) is 0.482. The van der Waals surface area contributed by atoms with Crippen LogP contribution in [0.1, 0.15) is 6.92 Å². The van der Waals surface area contributed by atoms with Crippen LogP contribution in [-0.4, -0.2) is 58.9 Å². The number of rotatable bonds is 5. The summed E-state index contributed by atoms with van der Waals surface area (Å²) in [6.45, 7) is 3.78. The van der Waals surface area contributed by atoms with Gasteiger partial charge < -0.3 is 14.4 Å². The number of nitrogens with zero attached hydrogens (tertiary/aromatic N) is 2. The number of piperazine rings is 1. The molecule has 1 aliphatic heterocycles. The van der Waals surface area contributed by atoms with E-state index in [0.717, 1.165) is 5.69 Å². The van der Waals surface area contributed by atoms with Crippen molar-refractivity contribution in [2.24, 2.45) is 0 Å². The maximum absolute atomic E-state index is 11.9. The number of hydrogen-bond acceptors (Lipinski definition) is 5. The van der Waals surface area contributed by atoms with Gasteiger partial charge in [0, 0.05) is 38.3 Å². The Labute approximate surface area is 136 Å². The smallest absolute Gasteiger partial charge is 0.213 e. The summed E-state index contributed by atoms with van der Waals surface area (Å²) in [6.07, 6.45) is 0. The van der Waals surface area contributed by atoms with Gasteiger partial charge in [-0.3, -0.25) is 0 Å². The summed E-state index contributed by atoms with van der Waals surface area (Å²) < 4.78 is 36.0. The number of sulfonamides is 1. The molecule has 0 atom stereocenters. The highest BCUT2D eigenvalue weighted by molar-refractivity contribution is 7.89. The second-order valence-corrected chi connectivity index (χ2v) is 7.61. The lowest BCUT2D eigenvalue weighted by Crippen LogP contribution is -2.49. The van der Waals surface area contributed by atoms with Gasteiger partial charge in [0.05, 0.1) is 30.7 Å². The fraction of sp³-hybridized carbons (Fsp3) is 0.571. The van der Waals surface area contributed by atoms with E-state index >= 15 is 0 Å². The molecule has 0 unspecified atom stereocenters. The third-order valence-electron chi connectivity index (χ3n) is 3.79. The average molecular weight is 349 g/mol. The molecule has 0 saturated carbocycles. The second kappa shape index (κ2) is 6.93. The quantitative estimate of drug-likeness (QED) is 0.812. The van der Waals surface area contributed by atoms with E-state index in [1.807, 2.05) is 6.07 Å². The highest BCUT2D eigenvalue weighted by Crippen LogP contribution is 2.38. The van der Waals surface area contributed by atoms with Gasteiger partial charge in [0.1, 0.15) is 11.5 Å². The Kier molecular flexibility index (Phi) is 5.41. The summed E-state index contributed by atoms with van der Waals surface area (Å²) >= 11 is 6.11. The van der Waals surface area contributed by atoms with Crippen LogP contribution in [0.4, 0.5) is 5.69 Å². The highest BCUT2D eigenvalue weighted by Gasteiger charge is 2.27. The van der Waals surface area contributed by atoms with E-state index in [1.165, 1.54) is 4.31 Å². The first-order valence-corrected chi connectivity index (χ1v) is 9.06. The van der Waals surface area contributed by atoms with Gasteiger partial charge in [-0.05, 0) is 6.92 Å². The third-order valence-corrected chi connectivity index (χ3v) is 5.97.